The molecule has 30 heavy (non-hydrogen) atoms. The number of hydrogen-bond acceptors (Lipinski definition) is 5. The van der Waals surface area contributed by atoms with Gasteiger partial charge in [0.2, 0.25) is 0 Å². The highest BCUT2D eigenvalue weighted by Crippen LogP contribution is 2.38. The van der Waals surface area contributed by atoms with Crippen LogP contribution in [0.3, 0.4) is 0 Å². The zero-order valence-electron chi connectivity index (χ0n) is 17.3. The van der Waals surface area contributed by atoms with Gasteiger partial charge < -0.3 is 9.64 Å². The molecule has 1 aliphatic rings. The number of amides is 2. The molecule has 0 N–H and O–H groups in total. The zero-order valence-corrected chi connectivity index (χ0v) is 17.3. The Balaban J connectivity index is 2.17. The maximum atomic E-state index is 13.2. The molecule has 0 radical (unpaired) electrons. The second kappa shape index (κ2) is 7.62. The van der Waals surface area contributed by atoms with Gasteiger partial charge in [0.1, 0.15) is 11.8 Å². The van der Waals surface area contributed by atoms with Crippen LogP contribution >= 0.6 is 0 Å². The third kappa shape index (κ3) is 3.89. The molecule has 0 spiro atoms. The fourth-order valence-corrected chi connectivity index (χ4v) is 3.33. The highest BCUT2D eigenvalue weighted by molar-refractivity contribution is 6.09. The van der Waals surface area contributed by atoms with Gasteiger partial charge in [0.05, 0.1) is 16.2 Å². The summed E-state index contributed by atoms with van der Waals surface area (Å²) in [6, 6.07) is 13.0. The molecule has 1 atom stereocenters. The number of nitro benzene ring substituents is 1. The lowest BCUT2D eigenvalue weighted by Gasteiger charge is -2.43. The number of carbonyl (C=O) groups excluding carboxylic acids is 2. The molecule has 156 valence electrons. The first-order chi connectivity index (χ1) is 14.0. The summed E-state index contributed by atoms with van der Waals surface area (Å²) in [5.41, 5.74) is 0.536. The van der Waals surface area contributed by atoms with Crippen molar-refractivity contribution in [2.45, 2.75) is 32.5 Å². The maximum absolute atomic E-state index is 13.2. The Labute approximate surface area is 174 Å². The maximum Gasteiger partial charge on any atom is 0.416 e. The number of nitro groups is 1. The Morgan fingerprint density at radius 3 is 2.37 bits per heavy atom. The fourth-order valence-electron chi connectivity index (χ4n) is 3.33. The van der Waals surface area contributed by atoms with E-state index < -0.39 is 28.7 Å². The lowest BCUT2D eigenvalue weighted by molar-refractivity contribution is -0.384. The van der Waals surface area contributed by atoms with E-state index in [1.165, 1.54) is 35.0 Å². The molecular formula is C22H23N3O5. The van der Waals surface area contributed by atoms with Crippen LogP contribution in [0.2, 0.25) is 0 Å². The molecule has 8 nitrogen and oxygen atoms in total. The first-order valence-corrected chi connectivity index (χ1v) is 9.33. The van der Waals surface area contributed by atoms with E-state index in [1.54, 1.807) is 20.8 Å². The monoisotopic (exact) mass is 409 g/mol. The van der Waals surface area contributed by atoms with Crippen molar-refractivity contribution in [3.63, 3.8) is 0 Å². The minimum Gasteiger partial charge on any atom is -0.443 e. The van der Waals surface area contributed by atoms with E-state index in [-0.39, 0.29) is 16.9 Å². The molecular weight excluding hydrogens is 386 g/mol. The summed E-state index contributed by atoms with van der Waals surface area (Å²) in [7, 11) is 1.53. The largest absolute Gasteiger partial charge is 0.443 e. The minimum absolute atomic E-state index is 0.0506. The number of ether oxygens (including phenoxy) is 1. The summed E-state index contributed by atoms with van der Waals surface area (Å²) in [4.78, 5) is 39.5. The van der Waals surface area contributed by atoms with Gasteiger partial charge in [-0.25, -0.2) is 4.79 Å². The lowest BCUT2D eigenvalue weighted by Crippen LogP contribution is -2.57. The van der Waals surface area contributed by atoms with E-state index >= 15 is 0 Å². The summed E-state index contributed by atoms with van der Waals surface area (Å²) in [6.07, 6.45) is -1.54. The van der Waals surface area contributed by atoms with E-state index in [0.29, 0.717) is 5.57 Å². The van der Waals surface area contributed by atoms with Crippen molar-refractivity contribution in [2.75, 3.05) is 11.9 Å². The SMILES string of the molecule is C=C(c1ccccc1)C1N(C)C(=O)c2cc([N+](=O)[O-])ccc2N1C(=O)OC(C)(C)C. The van der Waals surface area contributed by atoms with Crippen LogP contribution in [-0.2, 0) is 4.74 Å². The van der Waals surface area contributed by atoms with E-state index in [1.807, 2.05) is 30.3 Å². The number of likely N-dealkylation sites (N-methyl/N-ethyl adjacent to an activating group) is 1. The lowest BCUT2D eigenvalue weighted by atomic mass is 9.98. The molecule has 1 aliphatic heterocycles. The minimum atomic E-state index is -0.858. The van der Waals surface area contributed by atoms with Crippen LogP contribution in [0.1, 0.15) is 36.7 Å². The van der Waals surface area contributed by atoms with Gasteiger partial charge in [-0.05, 0) is 38.0 Å². The molecule has 1 heterocycles. The van der Waals surface area contributed by atoms with Gasteiger partial charge in [-0.3, -0.25) is 19.8 Å². The van der Waals surface area contributed by atoms with E-state index in [0.717, 1.165) is 5.56 Å². The molecule has 8 heteroatoms. The van der Waals surface area contributed by atoms with Crippen molar-refractivity contribution < 1.29 is 19.2 Å². The molecule has 0 fully saturated rings. The average Bonchev–Trinajstić information content (AvgIpc) is 2.68. The molecule has 0 aliphatic carbocycles. The molecule has 2 amide bonds. The van der Waals surface area contributed by atoms with Crippen LogP contribution in [0.25, 0.3) is 5.57 Å². The zero-order chi connectivity index (χ0) is 22.2. The van der Waals surface area contributed by atoms with Crippen LogP contribution in [0, 0.1) is 10.1 Å². The summed E-state index contributed by atoms with van der Waals surface area (Å²) < 4.78 is 5.59. The Morgan fingerprint density at radius 1 is 1.17 bits per heavy atom. The molecule has 0 bridgehead atoms. The Hall–Kier alpha value is -3.68. The first-order valence-electron chi connectivity index (χ1n) is 9.33. The summed E-state index contributed by atoms with van der Waals surface area (Å²) in [6.45, 7) is 9.34. The summed E-state index contributed by atoms with van der Waals surface area (Å²) in [5, 5.41) is 11.2. The predicted molar refractivity (Wildman–Crippen MR) is 113 cm³/mol. The van der Waals surface area contributed by atoms with Gasteiger partial charge in [-0.15, -0.1) is 0 Å². The van der Waals surface area contributed by atoms with Crippen molar-refractivity contribution in [1.29, 1.82) is 0 Å². The van der Waals surface area contributed by atoms with Gasteiger partial charge in [-0.2, -0.15) is 0 Å². The van der Waals surface area contributed by atoms with Gasteiger partial charge in [0.15, 0.2) is 0 Å². The Kier molecular flexibility index (Phi) is 5.35. The third-order valence-electron chi connectivity index (χ3n) is 4.66. The molecule has 2 aromatic rings. The van der Waals surface area contributed by atoms with Gasteiger partial charge in [0.25, 0.3) is 11.6 Å². The smallest absolute Gasteiger partial charge is 0.416 e. The quantitative estimate of drug-likeness (QED) is 0.551. The van der Waals surface area contributed by atoms with E-state index in [2.05, 4.69) is 6.58 Å². The highest BCUT2D eigenvalue weighted by atomic mass is 16.6. The van der Waals surface area contributed by atoms with Crippen molar-refractivity contribution in [3.8, 4) is 0 Å². The van der Waals surface area contributed by atoms with Crippen LogP contribution in [-0.4, -0.2) is 40.6 Å². The molecule has 0 saturated heterocycles. The second-order valence-corrected chi connectivity index (χ2v) is 7.99. The number of rotatable bonds is 3. The average molecular weight is 409 g/mol. The molecule has 2 aromatic carbocycles. The standard InChI is InChI=1S/C22H23N3O5/c1-14(15-9-7-6-8-10-15)19-23(5)20(26)17-13-16(25(28)29)11-12-18(17)24(19)21(27)30-22(2,3)4/h6-13,19H,1H2,2-5H3. The second-order valence-electron chi connectivity index (χ2n) is 7.99. The number of benzene rings is 2. The number of anilines is 1. The number of non-ortho nitro benzene ring substituents is 1. The molecule has 0 aromatic heterocycles. The van der Waals surface area contributed by atoms with Gasteiger partial charge in [0, 0.05) is 19.2 Å². The molecule has 0 saturated carbocycles. The Morgan fingerprint density at radius 2 is 1.80 bits per heavy atom. The highest BCUT2D eigenvalue weighted by Gasteiger charge is 2.43. The van der Waals surface area contributed by atoms with Crippen molar-refractivity contribution in [2.24, 2.45) is 0 Å². The molecule has 1 unspecified atom stereocenters. The number of nitrogens with zero attached hydrogens (tertiary/aromatic N) is 3. The van der Waals surface area contributed by atoms with Crippen molar-refractivity contribution in [3.05, 3.63) is 76.4 Å². The summed E-state index contributed by atoms with van der Waals surface area (Å²) >= 11 is 0. The van der Waals surface area contributed by atoms with Crippen molar-refractivity contribution >= 4 is 28.9 Å². The fraction of sp³-hybridized carbons (Fsp3) is 0.273. The van der Waals surface area contributed by atoms with Crippen LogP contribution in [0.15, 0.2) is 55.1 Å². The van der Waals surface area contributed by atoms with Gasteiger partial charge in [-0.1, -0.05) is 36.9 Å². The molecule has 3 rings (SSSR count). The Bertz CT molecular complexity index is 1030. The van der Waals surface area contributed by atoms with Gasteiger partial charge >= 0.3 is 6.09 Å². The normalized spacial score (nSPS) is 16.1. The number of fused-ring (bicyclic) bond motifs is 1. The topological polar surface area (TPSA) is 93.0 Å². The third-order valence-corrected chi connectivity index (χ3v) is 4.66. The summed E-state index contributed by atoms with van der Waals surface area (Å²) in [5.74, 6) is -0.449. The van der Waals surface area contributed by atoms with Crippen LogP contribution in [0.4, 0.5) is 16.2 Å². The van der Waals surface area contributed by atoms with Crippen molar-refractivity contribution in [1.82, 2.24) is 4.90 Å². The van der Waals surface area contributed by atoms with Crippen LogP contribution in [0.5, 0.6) is 0 Å². The van der Waals surface area contributed by atoms with E-state index in [4.69, 9.17) is 4.74 Å². The predicted octanol–water partition coefficient (Wildman–Crippen LogP) is 4.46. The number of hydrogen-bond donors (Lipinski definition) is 0. The first kappa shape index (κ1) is 21.0. The van der Waals surface area contributed by atoms with Crippen LogP contribution < -0.4 is 4.90 Å². The number of carbonyl (C=O) groups is 2. The van der Waals surface area contributed by atoms with E-state index in [9.17, 15) is 19.7 Å².